The summed E-state index contributed by atoms with van der Waals surface area (Å²) in [7, 11) is 0. The molecule has 2 heterocycles. The second kappa shape index (κ2) is 7.59. The Balaban J connectivity index is 1.62. The maximum Gasteiger partial charge on any atom is 0.317 e. The smallest absolute Gasteiger partial charge is 0.317 e. The number of hydrogen-bond donors (Lipinski definition) is 0. The molecular weight excluding hydrogens is 321 g/mol. The average Bonchev–Trinajstić information content (AvgIpc) is 2.56. The Morgan fingerprint density at radius 3 is 2.72 bits per heavy atom. The van der Waals surface area contributed by atoms with Crippen molar-refractivity contribution in [1.82, 2.24) is 14.9 Å². The quantitative estimate of drug-likeness (QED) is 0.857. The number of likely N-dealkylation sites (tertiary alicyclic amines) is 1. The Bertz CT molecular complexity index is 746. The zero-order valence-corrected chi connectivity index (χ0v) is 14.5. The molecule has 1 atom stereocenters. The van der Waals surface area contributed by atoms with Crippen LogP contribution in [0.1, 0.15) is 29.8 Å². The van der Waals surface area contributed by atoms with Crippen LogP contribution >= 0.6 is 0 Å². The van der Waals surface area contributed by atoms with Crippen LogP contribution in [0.25, 0.3) is 0 Å². The lowest BCUT2D eigenvalue weighted by Crippen LogP contribution is -2.45. The lowest BCUT2D eigenvalue weighted by atomic mass is 10.1. The van der Waals surface area contributed by atoms with E-state index in [1.54, 1.807) is 23.1 Å². The van der Waals surface area contributed by atoms with E-state index in [0.29, 0.717) is 24.7 Å². The van der Waals surface area contributed by atoms with E-state index in [0.717, 1.165) is 24.2 Å². The van der Waals surface area contributed by atoms with Gasteiger partial charge in [-0.25, -0.2) is 14.4 Å². The summed E-state index contributed by atoms with van der Waals surface area (Å²) < 4.78 is 19.6. The minimum absolute atomic E-state index is 0.0689. The lowest BCUT2D eigenvalue weighted by molar-refractivity contribution is -0.133. The summed E-state index contributed by atoms with van der Waals surface area (Å²) in [5.74, 6) is -0.427. The minimum atomic E-state index is -0.343. The van der Waals surface area contributed by atoms with Crippen molar-refractivity contribution < 1.29 is 13.9 Å². The van der Waals surface area contributed by atoms with Crippen LogP contribution in [-0.2, 0) is 11.2 Å². The predicted octanol–water partition coefficient (Wildman–Crippen LogP) is 2.85. The molecule has 1 saturated heterocycles. The molecule has 25 heavy (non-hydrogen) atoms. The molecule has 6 heteroatoms. The van der Waals surface area contributed by atoms with E-state index in [1.807, 2.05) is 19.9 Å². The summed E-state index contributed by atoms with van der Waals surface area (Å²) in [6.45, 7) is 4.93. The fraction of sp³-hybridized carbons (Fsp3) is 0.421. The number of aromatic nitrogens is 2. The molecule has 1 aliphatic rings. The molecule has 1 amide bonds. The molecular formula is C19H22FN3O2. The first-order chi connectivity index (χ1) is 12.0. The number of piperidine rings is 1. The van der Waals surface area contributed by atoms with Crippen molar-refractivity contribution in [2.75, 3.05) is 13.1 Å². The SMILES string of the molecule is Cc1cc(C)nc(OC2CCCN(C(=O)Cc3ccccc3F)C2)n1. The first-order valence-corrected chi connectivity index (χ1v) is 8.51. The Labute approximate surface area is 146 Å². The number of ether oxygens (including phenoxy) is 1. The second-order valence-corrected chi connectivity index (χ2v) is 6.42. The van der Waals surface area contributed by atoms with Crippen molar-refractivity contribution in [2.24, 2.45) is 0 Å². The van der Waals surface area contributed by atoms with Gasteiger partial charge in [-0.1, -0.05) is 18.2 Å². The van der Waals surface area contributed by atoms with Crippen LogP contribution in [-0.4, -0.2) is 40.0 Å². The topological polar surface area (TPSA) is 55.3 Å². The van der Waals surface area contributed by atoms with Crippen molar-refractivity contribution in [1.29, 1.82) is 0 Å². The molecule has 1 aromatic heterocycles. The normalized spacial score (nSPS) is 17.4. The number of carbonyl (C=O) groups excluding carboxylic acids is 1. The summed E-state index contributed by atoms with van der Waals surface area (Å²) in [6.07, 6.45) is 1.62. The first kappa shape index (κ1) is 17.3. The number of rotatable bonds is 4. The van der Waals surface area contributed by atoms with E-state index in [4.69, 9.17) is 4.74 Å². The number of halogens is 1. The van der Waals surface area contributed by atoms with E-state index in [2.05, 4.69) is 9.97 Å². The fourth-order valence-electron chi connectivity index (χ4n) is 3.07. The highest BCUT2D eigenvalue weighted by Crippen LogP contribution is 2.18. The molecule has 1 aliphatic heterocycles. The van der Waals surface area contributed by atoms with Gasteiger partial charge in [0.1, 0.15) is 11.9 Å². The van der Waals surface area contributed by atoms with Crippen LogP contribution in [0.2, 0.25) is 0 Å². The molecule has 2 aromatic rings. The molecule has 0 saturated carbocycles. The highest BCUT2D eigenvalue weighted by atomic mass is 19.1. The third kappa shape index (κ3) is 4.53. The van der Waals surface area contributed by atoms with Gasteiger partial charge in [-0.15, -0.1) is 0 Å². The van der Waals surface area contributed by atoms with Gasteiger partial charge in [0.2, 0.25) is 5.91 Å². The number of aryl methyl sites for hydroxylation is 2. The second-order valence-electron chi connectivity index (χ2n) is 6.42. The number of nitrogens with zero attached hydrogens (tertiary/aromatic N) is 3. The maximum atomic E-state index is 13.7. The highest BCUT2D eigenvalue weighted by Gasteiger charge is 2.26. The predicted molar refractivity (Wildman–Crippen MR) is 91.8 cm³/mol. The Kier molecular flexibility index (Phi) is 5.26. The molecule has 0 bridgehead atoms. The van der Waals surface area contributed by atoms with E-state index in [1.165, 1.54) is 6.07 Å². The molecule has 3 rings (SSSR count). The molecule has 1 aromatic carbocycles. The molecule has 1 unspecified atom stereocenters. The van der Waals surface area contributed by atoms with Crippen LogP contribution in [0.15, 0.2) is 30.3 Å². The number of benzene rings is 1. The molecule has 1 fully saturated rings. The van der Waals surface area contributed by atoms with Gasteiger partial charge >= 0.3 is 6.01 Å². The fourth-order valence-corrected chi connectivity index (χ4v) is 3.07. The van der Waals surface area contributed by atoms with E-state index in [-0.39, 0.29) is 24.2 Å². The zero-order valence-electron chi connectivity index (χ0n) is 14.5. The monoisotopic (exact) mass is 343 g/mol. The lowest BCUT2D eigenvalue weighted by Gasteiger charge is -2.32. The molecule has 132 valence electrons. The van der Waals surface area contributed by atoms with Crippen molar-refractivity contribution in [3.8, 4) is 6.01 Å². The van der Waals surface area contributed by atoms with E-state index in [9.17, 15) is 9.18 Å². The van der Waals surface area contributed by atoms with Crippen LogP contribution < -0.4 is 4.74 Å². The van der Waals surface area contributed by atoms with Crippen molar-refractivity contribution >= 4 is 5.91 Å². The highest BCUT2D eigenvalue weighted by molar-refractivity contribution is 5.79. The number of hydrogen-bond acceptors (Lipinski definition) is 4. The largest absolute Gasteiger partial charge is 0.458 e. The summed E-state index contributed by atoms with van der Waals surface area (Å²) >= 11 is 0. The Hall–Kier alpha value is -2.50. The van der Waals surface area contributed by atoms with Gasteiger partial charge in [0.05, 0.1) is 13.0 Å². The van der Waals surface area contributed by atoms with Gasteiger partial charge < -0.3 is 9.64 Å². The maximum absolute atomic E-state index is 13.7. The number of carbonyl (C=O) groups is 1. The van der Waals surface area contributed by atoms with Gasteiger partial charge in [-0.05, 0) is 44.4 Å². The molecule has 0 N–H and O–H groups in total. The third-order valence-corrected chi connectivity index (χ3v) is 4.26. The van der Waals surface area contributed by atoms with Gasteiger partial charge in [-0.3, -0.25) is 4.79 Å². The van der Waals surface area contributed by atoms with Gasteiger partial charge in [0.15, 0.2) is 0 Å². The third-order valence-electron chi connectivity index (χ3n) is 4.26. The zero-order chi connectivity index (χ0) is 17.8. The van der Waals surface area contributed by atoms with Crippen LogP contribution in [0.5, 0.6) is 6.01 Å². The standard InChI is InChI=1S/C19H22FN3O2/c1-13-10-14(2)22-19(21-13)25-16-7-5-9-23(12-16)18(24)11-15-6-3-4-8-17(15)20/h3-4,6,8,10,16H,5,7,9,11-12H2,1-2H3. The molecule has 0 spiro atoms. The van der Waals surface area contributed by atoms with Gasteiger partial charge in [0.25, 0.3) is 0 Å². The van der Waals surface area contributed by atoms with Gasteiger partial charge in [0, 0.05) is 17.9 Å². The van der Waals surface area contributed by atoms with Crippen LogP contribution in [0.3, 0.4) is 0 Å². The van der Waals surface area contributed by atoms with E-state index < -0.39 is 0 Å². The molecule has 0 radical (unpaired) electrons. The van der Waals surface area contributed by atoms with E-state index >= 15 is 0 Å². The van der Waals surface area contributed by atoms with Crippen LogP contribution in [0.4, 0.5) is 4.39 Å². The van der Waals surface area contributed by atoms with Crippen LogP contribution in [0, 0.1) is 19.7 Å². The number of amides is 1. The molecule has 0 aliphatic carbocycles. The van der Waals surface area contributed by atoms with Crippen molar-refractivity contribution in [3.05, 3.63) is 53.1 Å². The summed E-state index contributed by atoms with van der Waals surface area (Å²) in [4.78, 5) is 22.8. The average molecular weight is 343 g/mol. The Morgan fingerprint density at radius 1 is 1.28 bits per heavy atom. The van der Waals surface area contributed by atoms with Crippen molar-refractivity contribution in [3.63, 3.8) is 0 Å². The Morgan fingerprint density at radius 2 is 2.00 bits per heavy atom. The minimum Gasteiger partial charge on any atom is -0.458 e. The molecule has 5 nitrogen and oxygen atoms in total. The van der Waals surface area contributed by atoms with Crippen molar-refractivity contribution in [2.45, 2.75) is 39.2 Å². The summed E-state index contributed by atoms with van der Waals surface area (Å²) in [6, 6.07) is 8.63. The first-order valence-electron chi connectivity index (χ1n) is 8.51. The van der Waals surface area contributed by atoms with Gasteiger partial charge in [-0.2, -0.15) is 0 Å². The summed E-state index contributed by atoms with van der Waals surface area (Å²) in [5.41, 5.74) is 2.13. The summed E-state index contributed by atoms with van der Waals surface area (Å²) in [5, 5.41) is 0.